The summed E-state index contributed by atoms with van der Waals surface area (Å²) in [7, 11) is -3.59. The molecule has 1 amide bonds. The molecule has 0 spiro atoms. The van der Waals surface area contributed by atoms with Crippen LogP contribution in [0.3, 0.4) is 0 Å². The maximum atomic E-state index is 12.1. The fourth-order valence-electron chi connectivity index (χ4n) is 2.24. The number of nitrogens with zero attached hydrogens (tertiary/aromatic N) is 1. The molecule has 0 aliphatic rings. The minimum atomic E-state index is -3.59. The van der Waals surface area contributed by atoms with Gasteiger partial charge in [0.25, 0.3) is 0 Å². The van der Waals surface area contributed by atoms with E-state index in [0.29, 0.717) is 17.3 Å². The highest BCUT2D eigenvalue weighted by Crippen LogP contribution is 2.21. The van der Waals surface area contributed by atoms with Crippen molar-refractivity contribution >= 4 is 45.0 Å². The molecule has 2 rings (SSSR count). The molecule has 0 saturated heterocycles. The number of amides is 1. The fourth-order valence-corrected chi connectivity index (χ4v) is 4.10. The minimum absolute atomic E-state index is 0.275. The van der Waals surface area contributed by atoms with Crippen molar-refractivity contribution in [3.8, 4) is 0 Å². The molecule has 8 heteroatoms. The predicted octanol–water partition coefficient (Wildman–Crippen LogP) is 3.16. The van der Waals surface area contributed by atoms with Gasteiger partial charge in [-0.15, -0.1) is 0 Å². The first-order chi connectivity index (χ1) is 12.4. The second-order valence-corrected chi connectivity index (χ2v) is 9.09. The number of sulfonamides is 1. The van der Waals surface area contributed by atoms with Crippen LogP contribution in [0.2, 0.25) is 5.02 Å². The second-order valence-electron chi connectivity index (χ2n) is 5.64. The molecule has 0 aliphatic carbocycles. The third-order valence-corrected chi connectivity index (χ3v) is 5.87. The van der Waals surface area contributed by atoms with Crippen molar-refractivity contribution in [1.29, 1.82) is 0 Å². The van der Waals surface area contributed by atoms with Gasteiger partial charge in [-0.2, -0.15) is 11.8 Å². The van der Waals surface area contributed by atoms with Crippen molar-refractivity contribution in [2.45, 2.75) is 5.75 Å². The molecular formula is C18H21ClN2O3S2. The van der Waals surface area contributed by atoms with Crippen LogP contribution >= 0.6 is 23.4 Å². The lowest BCUT2D eigenvalue weighted by Crippen LogP contribution is -2.41. The Balaban J connectivity index is 1.82. The van der Waals surface area contributed by atoms with Crippen LogP contribution in [0.15, 0.2) is 54.6 Å². The van der Waals surface area contributed by atoms with E-state index in [9.17, 15) is 13.2 Å². The molecule has 0 saturated carbocycles. The molecule has 140 valence electrons. The number of anilines is 1. The summed E-state index contributed by atoms with van der Waals surface area (Å²) in [5.74, 6) is 1.27. The number of thioether (sulfide) groups is 1. The van der Waals surface area contributed by atoms with Crippen molar-refractivity contribution in [2.75, 3.05) is 29.4 Å². The van der Waals surface area contributed by atoms with Gasteiger partial charge in [0, 0.05) is 23.1 Å². The normalized spacial score (nSPS) is 11.2. The van der Waals surface area contributed by atoms with Gasteiger partial charge in [0.05, 0.1) is 11.9 Å². The highest BCUT2D eigenvalue weighted by molar-refractivity contribution is 7.98. The van der Waals surface area contributed by atoms with Crippen LogP contribution in [0.25, 0.3) is 0 Å². The summed E-state index contributed by atoms with van der Waals surface area (Å²) in [5.41, 5.74) is 1.60. The zero-order valence-corrected chi connectivity index (χ0v) is 16.8. The van der Waals surface area contributed by atoms with Gasteiger partial charge in [-0.25, -0.2) is 8.42 Å². The number of rotatable bonds is 9. The Morgan fingerprint density at radius 3 is 2.54 bits per heavy atom. The van der Waals surface area contributed by atoms with E-state index in [1.54, 1.807) is 30.0 Å². The van der Waals surface area contributed by atoms with E-state index >= 15 is 0 Å². The first-order valence-corrected chi connectivity index (χ1v) is 11.4. The molecule has 0 atom stereocenters. The Kier molecular flexibility index (Phi) is 7.81. The molecule has 2 aromatic rings. The number of hydrogen-bond acceptors (Lipinski definition) is 4. The number of carbonyl (C=O) groups is 1. The third kappa shape index (κ3) is 6.90. The van der Waals surface area contributed by atoms with Crippen molar-refractivity contribution < 1.29 is 13.2 Å². The van der Waals surface area contributed by atoms with Crippen molar-refractivity contribution in [3.63, 3.8) is 0 Å². The molecule has 0 fully saturated rings. The third-order valence-electron chi connectivity index (χ3n) is 3.46. The zero-order valence-electron chi connectivity index (χ0n) is 14.4. The smallest absolute Gasteiger partial charge is 0.240 e. The molecule has 0 unspecified atom stereocenters. The van der Waals surface area contributed by atoms with Gasteiger partial charge in [0.2, 0.25) is 15.9 Å². The SMILES string of the molecule is CS(=O)(=O)N(CC(=O)NCCSCc1ccccc1)c1cccc(Cl)c1. The van der Waals surface area contributed by atoms with E-state index in [1.807, 2.05) is 18.2 Å². The Labute approximate surface area is 163 Å². The van der Waals surface area contributed by atoms with Crippen LogP contribution in [0.1, 0.15) is 5.56 Å². The van der Waals surface area contributed by atoms with Gasteiger partial charge in [-0.05, 0) is 23.8 Å². The number of benzene rings is 2. The summed E-state index contributed by atoms with van der Waals surface area (Å²) in [4.78, 5) is 12.1. The molecular weight excluding hydrogens is 392 g/mol. The summed E-state index contributed by atoms with van der Waals surface area (Å²) in [5, 5.41) is 3.17. The molecule has 26 heavy (non-hydrogen) atoms. The average molecular weight is 413 g/mol. The average Bonchev–Trinajstić information content (AvgIpc) is 2.59. The number of halogens is 1. The van der Waals surface area contributed by atoms with Gasteiger partial charge < -0.3 is 5.32 Å². The minimum Gasteiger partial charge on any atom is -0.354 e. The fraction of sp³-hybridized carbons (Fsp3) is 0.278. The lowest BCUT2D eigenvalue weighted by atomic mass is 10.2. The maximum absolute atomic E-state index is 12.1. The van der Waals surface area contributed by atoms with Crippen LogP contribution in [-0.4, -0.2) is 39.4 Å². The van der Waals surface area contributed by atoms with E-state index in [4.69, 9.17) is 11.6 Å². The van der Waals surface area contributed by atoms with Gasteiger partial charge in [0.15, 0.2) is 0 Å². The quantitative estimate of drug-likeness (QED) is 0.642. The van der Waals surface area contributed by atoms with Crippen molar-refractivity contribution in [1.82, 2.24) is 5.32 Å². The van der Waals surface area contributed by atoms with E-state index in [-0.39, 0.29) is 12.5 Å². The largest absolute Gasteiger partial charge is 0.354 e. The van der Waals surface area contributed by atoms with Gasteiger partial charge >= 0.3 is 0 Å². The van der Waals surface area contributed by atoms with Crippen LogP contribution in [0.4, 0.5) is 5.69 Å². The first kappa shape index (κ1) is 20.6. The van der Waals surface area contributed by atoms with E-state index in [0.717, 1.165) is 22.1 Å². The van der Waals surface area contributed by atoms with E-state index in [1.165, 1.54) is 11.6 Å². The maximum Gasteiger partial charge on any atom is 0.240 e. The molecule has 1 N–H and O–H groups in total. The summed E-state index contributed by atoms with van der Waals surface area (Å²) in [6.45, 7) is 0.200. The molecule has 0 bridgehead atoms. The molecule has 0 aliphatic heterocycles. The number of nitrogens with one attached hydrogen (secondary N) is 1. The van der Waals surface area contributed by atoms with Crippen molar-refractivity contribution in [2.24, 2.45) is 0 Å². The Hall–Kier alpha value is -1.70. The van der Waals surface area contributed by atoms with Crippen LogP contribution in [0.5, 0.6) is 0 Å². The lowest BCUT2D eigenvalue weighted by Gasteiger charge is -2.22. The molecule has 5 nitrogen and oxygen atoms in total. The predicted molar refractivity (Wildman–Crippen MR) is 109 cm³/mol. The summed E-state index contributed by atoms with van der Waals surface area (Å²) in [6.07, 6.45) is 1.07. The Morgan fingerprint density at radius 1 is 1.15 bits per heavy atom. The van der Waals surface area contributed by atoms with Gasteiger partial charge in [0.1, 0.15) is 6.54 Å². The molecule has 0 heterocycles. The molecule has 0 radical (unpaired) electrons. The van der Waals surface area contributed by atoms with Crippen LogP contribution < -0.4 is 9.62 Å². The van der Waals surface area contributed by atoms with Gasteiger partial charge in [-0.3, -0.25) is 9.10 Å². The Bertz CT molecular complexity index is 829. The first-order valence-electron chi connectivity index (χ1n) is 7.98. The highest BCUT2D eigenvalue weighted by atomic mass is 35.5. The standard InChI is InChI=1S/C18H21ClN2O3S2/c1-26(23,24)21(17-9-5-8-16(19)12-17)13-18(22)20-10-11-25-14-15-6-3-2-4-7-15/h2-9,12H,10-11,13-14H2,1H3,(H,20,22). The van der Waals surface area contributed by atoms with Gasteiger partial charge in [-0.1, -0.05) is 48.0 Å². The number of hydrogen-bond donors (Lipinski definition) is 1. The van der Waals surface area contributed by atoms with Crippen LogP contribution in [-0.2, 0) is 20.6 Å². The summed E-state index contributed by atoms with van der Waals surface area (Å²) in [6, 6.07) is 16.5. The second kappa shape index (κ2) is 9.85. The van der Waals surface area contributed by atoms with E-state index < -0.39 is 10.0 Å². The highest BCUT2D eigenvalue weighted by Gasteiger charge is 2.20. The monoisotopic (exact) mass is 412 g/mol. The topological polar surface area (TPSA) is 66.5 Å². The lowest BCUT2D eigenvalue weighted by molar-refractivity contribution is -0.119. The molecule has 0 aromatic heterocycles. The Morgan fingerprint density at radius 2 is 1.88 bits per heavy atom. The summed E-state index contributed by atoms with van der Waals surface area (Å²) < 4.78 is 25.1. The summed E-state index contributed by atoms with van der Waals surface area (Å²) >= 11 is 7.63. The van der Waals surface area contributed by atoms with Crippen LogP contribution in [0, 0.1) is 0 Å². The van der Waals surface area contributed by atoms with Crippen molar-refractivity contribution in [3.05, 3.63) is 65.2 Å². The zero-order chi connectivity index (χ0) is 19.0. The molecule has 2 aromatic carbocycles. The number of carbonyl (C=O) groups excluding carboxylic acids is 1. The van der Waals surface area contributed by atoms with E-state index in [2.05, 4.69) is 17.4 Å².